The summed E-state index contributed by atoms with van der Waals surface area (Å²) in [5, 5.41) is 3.74. The number of para-hydroxylation sites is 2. The van der Waals surface area contributed by atoms with Crippen molar-refractivity contribution < 1.29 is 4.79 Å². The number of rotatable bonds is 7. The van der Waals surface area contributed by atoms with Crippen LogP contribution in [0, 0.1) is 6.92 Å². The van der Waals surface area contributed by atoms with Crippen LogP contribution in [0.4, 0.5) is 0 Å². The molecule has 0 unspecified atom stereocenters. The molecule has 0 spiro atoms. The Morgan fingerprint density at radius 2 is 2.08 bits per heavy atom. The van der Waals surface area contributed by atoms with E-state index < -0.39 is 0 Å². The molecule has 1 N–H and O–H groups in total. The van der Waals surface area contributed by atoms with Crippen LogP contribution in [0.3, 0.4) is 0 Å². The number of benzene rings is 2. The zero-order valence-corrected chi connectivity index (χ0v) is 15.1. The van der Waals surface area contributed by atoms with E-state index in [2.05, 4.69) is 20.9 Å². The maximum absolute atomic E-state index is 12.0. The Hall–Kier alpha value is -2.33. The molecule has 0 aliphatic carbocycles. The Bertz CT molecular complexity index is 872. The molecule has 0 aliphatic heterocycles. The first-order chi connectivity index (χ1) is 12.1. The third kappa shape index (κ3) is 4.60. The molecule has 0 saturated carbocycles. The molecule has 0 radical (unpaired) electrons. The van der Waals surface area contributed by atoms with Gasteiger partial charge in [-0.2, -0.15) is 0 Å². The number of nitrogens with one attached hydrogen (secondary N) is 1. The van der Waals surface area contributed by atoms with Gasteiger partial charge in [0.1, 0.15) is 0 Å². The lowest BCUT2D eigenvalue weighted by atomic mass is 10.1. The molecule has 2 aromatic carbocycles. The van der Waals surface area contributed by atoms with Crippen LogP contribution < -0.4 is 5.32 Å². The van der Waals surface area contributed by atoms with E-state index >= 15 is 0 Å². The zero-order chi connectivity index (χ0) is 17.6. The summed E-state index contributed by atoms with van der Waals surface area (Å²) in [6, 6.07) is 14.0. The van der Waals surface area contributed by atoms with E-state index in [1.165, 1.54) is 0 Å². The number of amides is 1. The molecule has 0 aliphatic rings. The standard InChI is InChI=1S/C20H22ClN3O/c1-15-7-8-16(13-17(15)21)9-10-20(25)22-11-4-12-24-14-23-18-5-2-3-6-19(18)24/h2-3,5-8,13-14H,4,9-12H2,1H3,(H,22,25). The molecule has 0 saturated heterocycles. The SMILES string of the molecule is Cc1ccc(CCC(=O)NCCCn2cnc3ccccc32)cc1Cl. The predicted octanol–water partition coefficient (Wildman–Crippen LogP) is 4.14. The minimum absolute atomic E-state index is 0.0761. The van der Waals surface area contributed by atoms with Gasteiger partial charge in [-0.25, -0.2) is 4.98 Å². The van der Waals surface area contributed by atoms with Crippen molar-refractivity contribution in [3.05, 3.63) is 64.9 Å². The zero-order valence-electron chi connectivity index (χ0n) is 14.3. The largest absolute Gasteiger partial charge is 0.356 e. The Balaban J connectivity index is 1.40. The molecule has 0 bridgehead atoms. The van der Waals surface area contributed by atoms with Crippen molar-refractivity contribution in [1.82, 2.24) is 14.9 Å². The number of nitrogens with zero attached hydrogens (tertiary/aromatic N) is 2. The first kappa shape index (κ1) is 17.5. The average Bonchev–Trinajstić information content (AvgIpc) is 3.03. The number of aromatic nitrogens is 2. The van der Waals surface area contributed by atoms with Gasteiger partial charge in [0, 0.05) is 24.5 Å². The van der Waals surface area contributed by atoms with Crippen molar-refractivity contribution in [1.29, 1.82) is 0 Å². The lowest BCUT2D eigenvalue weighted by molar-refractivity contribution is -0.121. The monoisotopic (exact) mass is 355 g/mol. The fraction of sp³-hybridized carbons (Fsp3) is 0.300. The lowest BCUT2D eigenvalue weighted by Crippen LogP contribution is -2.25. The topological polar surface area (TPSA) is 46.9 Å². The summed E-state index contributed by atoms with van der Waals surface area (Å²) in [5.74, 6) is 0.0761. The average molecular weight is 356 g/mol. The van der Waals surface area contributed by atoms with E-state index in [1.54, 1.807) is 0 Å². The molecule has 1 heterocycles. The van der Waals surface area contributed by atoms with Crippen molar-refractivity contribution in [3.8, 4) is 0 Å². The molecule has 4 nitrogen and oxygen atoms in total. The highest BCUT2D eigenvalue weighted by atomic mass is 35.5. The fourth-order valence-corrected chi connectivity index (χ4v) is 3.01. The van der Waals surface area contributed by atoms with Gasteiger partial charge in [-0.05, 0) is 49.1 Å². The van der Waals surface area contributed by atoms with Gasteiger partial charge in [0.2, 0.25) is 5.91 Å². The van der Waals surface area contributed by atoms with E-state index in [4.69, 9.17) is 11.6 Å². The number of fused-ring (bicyclic) bond motifs is 1. The van der Waals surface area contributed by atoms with Crippen molar-refractivity contribution in [3.63, 3.8) is 0 Å². The van der Waals surface area contributed by atoms with Crippen molar-refractivity contribution >= 4 is 28.5 Å². The highest BCUT2D eigenvalue weighted by molar-refractivity contribution is 6.31. The molecule has 3 rings (SSSR count). The Morgan fingerprint density at radius 3 is 2.92 bits per heavy atom. The predicted molar refractivity (Wildman–Crippen MR) is 102 cm³/mol. The molecule has 5 heteroatoms. The van der Waals surface area contributed by atoms with Gasteiger partial charge < -0.3 is 9.88 Å². The van der Waals surface area contributed by atoms with E-state index in [0.29, 0.717) is 19.4 Å². The minimum atomic E-state index is 0.0761. The van der Waals surface area contributed by atoms with Gasteiger partial charge >= 0.3 is 0 Å². The maximum atomic E-state index is 12.0. The number of hydrogen-bond acceptors (Lipinski definition) is 2. The summed E-state index contributed by atoms with van der Waals surface area (Å²) < 4.78 is 2.12. The third-order valence-electron chi connectivity index (χ3n) is 4.30. The van der Waals surface area contributed by atoms with Gasteiger partial charge in [-0.3, -0.25) is 4.79 Å². The van der Waals surface area contributed by atoms with Crippen LogP contribution >= 0.6 is 11.6 Å². The number of imidazole rings is 1. The van der Waals surface area contributed by atoms with Crippen LogP contribution in [0.2, 0.25) is 5.02 Å². The van der Waals surface area contributed by atoms with Crippen LogP contribution in [0.15, 0.2) is 48.8 Å². The first-order valence-electron chi connectivity index (χ1n) is 8.55. The lowest BCUT2D eigenvalue weighted by Gasteiger charge is -2.07. The normalized spacial score (nSPS) is 11.0. The first-order valence-corrected chi connectivity index (χ1v) is 8.93. The molecular weight excluding hydrogens is 334 g/mol. The van der Waals surface area contributed by atoms with E-state index in [1.807, 2.05) is 49.6 Å². The number of aryl methyl sites for hydroxylation is 3. The van der Waals surface area contributed by atoms with E-state index in [0.717, 1.165) is 40.1 Å². The summed E-state index contributed by atoms with van der Waals surface area (Å²) in [4.78, 5) is 16.4. The Kier molecular flexibility index (Phi) is 5.71. The van der Waals surface area contributed by atoms with Crippen molar-refractivity contribution in [2.24, 2.45) is 0 Å². The highest BCUT2D eigenvalue weighted by Gasteiger charge is 2.05. The third-order valence-corrected chi connectivity index (χ3v) is 4.71. The van der Waals surface area contributed by atoms with Crippen molar-refractivity contribution in [2.45, 2.75) is 32.7 Å². The van der Waals surface area contributed by atoms with E-state index in [9.17, 15) is 4.79 Å². The quantitative estimate of drug-likeness (QED) is 0.647. The molecule has 1 aromatic heterocycles. The van der Waals surface area contributed by atoms with Crippen molar-refractivity contribution in [2.75, 3.05) is 6.54 Å². The molecule has 130 valence electrons. The maximum Gasteiger partial charge on any atom is 0.220 e. The Labute approximate surface area is 152 Å². The van der Waals surface area contributed by atoms with Crippen LogP contribution in [-0.2, 0) is 17.8 Å². The second kappa shape index (κ2) is 8.17. The van der Waals surface area contributed by atoms with Gasteiger partial charge in [0.25, 0.3) is 0 Å². The molecule has 25 heavy (non-hydrogen) atoms. The number of carbonyl (C=O) groups is 1. The number of hydrogen-bond donors (Lipinski definition) is 1. The Morgan fingerprint density at radius 1 is 1.24 bits per heavy atom. The van der Waals surface area contributed by atoms with Gasteiger partial charge in [0.05, 0.1) is 17.4 Å². The summed E-state index contributed by atoms with van der Waals surface area (Å²) in [6.45, 7) is 3.48. The second-order valence-corrected chi connectivity index (χ2v) is 6.62. The second-order valence-electron chi connectivity index (χ2n) is 6.21. The fourth-order valence-electron chi connectivity index (χ4n) is 2.80. The summed E-state index contributed by atoms with van der Waals surface area (Å²) in [5.41, 5.74) is 4.28. The highest BCUT2D eigenvalue weighted by Crippen LogP contribution is 2.17. The smallest absolute Gasteiger partial charge is 0.220 e. The van der Waals surface area contributed by atoms with Crippen LogP contribution in [0.5, 0.6) is 0 Å². The summed E-state index contributed by atoms with van der Waals surface area (Å²) in [6.07, 6.45) is 3.92. The minimum Gasteiger partial charge on any atom is -0.356 e. The van der Waals surface area contributed by atoms with Crippen LogP contribution in [-0.4, -0.2) is 22.0 Å². The molecule has 0 fully saturated rings. The van der Waals surface area contributed by atoms with Gasteiger partial charge in [-0.1, -0.05) is 35.9 Å². The number of carbonyl (C=O) groups excluding carboxylic acids is 1. The van der Waals surface area contributed by atoms with Gasteiger partial charge in [0.15, 0.2) is 0 Å². The molecule has 3 aromatic rings. The molecule has 0 atom stereocenters. The van der Waals surface area contributed by atoms with Crippen LogP contribution in [0.1, 0.15) is 24.0 Å². The molecule has 1 amide bonds. The summed E-state index contributed by atoms with van der Waals surface area (Å²) in [7, 11) is 0. The number of halogens is 1. The van der Waals surface area contributed by atoms with Crippen LogP contribution in [0.25, 0.3) is 11.0 Å². The molecular formula is C20H22ClN3O. The van der Waals surface area contributed by atoms with E-state index in [-0.39, 0.29) is 5.91 Å². The van der Waals surface area contributed by atoms with Gasteiger partial charge in [-0.15, -0.1) is 0 Å². The summed E-state index contributed by atoms with van der Waals surface area (Å²) >= 11 is 6.11.